The highest BCUT2D eigenvalue weighted by Crippen LogP contribution is 2.34. The van der Waals surface area contributed by atoms with Crippen LogP contribution in [0.5, 0.6) is 0 Å². The lowest BCUT2D eigenvalue weighted by atomic mass is 10.2. The van der Waals surface area contributed by atoms with E-state index in [2.05, 4.69) is 36.8 Å². The van der Waals surface area contributed by atoms with E-state index < -0.39 is 11.6 Å². The number of nitrogens with two attached hydrogens (primary N) is 1. The number of rotatable bonds is 1. The zero-order chi connectivity index (χ0) is 14.4. The van der Waals surface area contributed by atoms with E-state index in [-0.39, 0.29) is 11.5 Å². The molecule has 1 heterocycles. The molecule has 1 aromatic heterocycles. The minimum atomic E-state index is -0.977. The number of para-hydroxylation sites is 1. The van der Waals surface area contributed by atoms with Gasteiger partial charge in [0.25, 0.3) is 0 Å². The Labute approximate surface area is 129 Å². The van der Waals surface area contributed by atoms with Crippen molar-refractivity contribution >= 4 is 48.8 Å². The van der Waals surface area contributed by atoms with E-state index in [1.165, 1.54) is 10.6 Å². The summed E-state index contributed by atoms with van der Waals surface area (Å²) in [6, 6.07) is 7.80. The van der Waals surface area contributed by atoms with Gasteiger partial charge in [0.05, 0.1) is 11.2 Å². The highest BCUT2D eigenvalue weighted by atomic mass is 79.9. The number of nitrogen functional groups attached to an aromatic ring is 1. The van der Waals surface area contributed by atoms with Crippen molar-refractivity contribution in [3.63, 3.8) is 0 Å². The molecular formula is C13H7Br2F2N3. The molecule has 0 radical (unpaired) electrons. The van der Waals surface area contributed by atoms with Gasteiger partial charge in [0.15, 0.2) is 11.6 Å². The molecule has 102 valence electrons. The van der Waals surface area contributed by atoms with Gasteiger partial charge in [0.2, 0.25) is 5.95 Å². The zero-order valence-electron chi connectivity index (χ0n) is 9.87. The van der Waals surface area contributed by atoms with Crippen molar-refractivity contribution in [3.8, 4) is 5.69 Å². The predicted molar refractivity (Wildman–Crippen MR) is 80.8 cm³/mol. The van der Waals surface area contributed by atoms with E-state index in [4.69, 9.17) is 5.73 Å². The molecule has 0 aliphatic heterocycles. The van der Waals surface area contributed by atoms with Crippen LogP contribution in [0.4, 0.5) is 14.7 Å². The van der Waals surface area contributed by atoms with Crippen LogP contribution in [-0.4, -0.2) is 9.55 Å². The highest BCUT2D eigenvalue weighted by Gasteiger charge is 2.20. The van der Waals surface area contributed by atoms with E-state index in [9.17, 15) is 8.78 Å². The fraction of sp³-hybridized carbons (Fsp3) is 0. The summed E-state index contributed by atoms with van der Waals surface area (Å²) in [4.78, 5) is 4.07. The average Bonchev–Trinajstić information content (AvgIpc) is 2.72. The Morgan fingerprint density at radius 3 is 2.35 bits per heavy atom. The summed E-state index contributed by atoms with van der Waals surface area (Å²) in [5, 5.41) is 0. The van der Waals surface area contributed by atoms with Gasteiger partial charge in [-0.3, -0.25) is 4.57 Å². The number of imidazole rings is 1. The fourth-order valence-electron chi connectivity index (χ4n) is 2.05. The van der Waals surface area contributed by atoms with Crippen LogP contribution in [0.25, 0.3) is 16.7 Å². The van der Waals surface area contributed by atoms with Gasteiger partial charge in [-0.1, -0.05) is 6.07 Å². The second kappa shape index (κ2) is 4.82. The first-order chi connectivity index (χ1) is 9.50. The van der Waals surface area contributed by atoms with E-state index >= 15 is 0 Å². The average molecular weight is 403 g/mol. The first-order valence-corrected chi connectivity index (χ1v) is 7.15. The molecule has 3 rings (SSSR count). The first kappa shape index (κ1) is 13.5. The molecular weight excluding hydrogens is 396 g/mol. The van der Waals surface area contributed by atoms with Crippen molar-refractivity contribution in [3.05, 3.63) is 50.9 Å². The van der Waals surface area contributed by atoms with E-state index in [1.807, 2.05) is 6.07 Å². The van der Waals surface area contributed by atoms with Crippen LogP contribution in [0.2, 0.25) is 0 Å². The Bertz CT molecular complexity index is 810. The monoisotopic (exact) mass is 401 g/mol. The Morgan fingerprint density at radius 1 is 1.05 bits per heavy atom. The molecule has 0 aliphatic rings. The third kappa shape index (κ3) is 1.92. The lowest BCUT2D eigenvalue weighted by Gasteiger charge is -2.11. The largest absolute Gasteiger partial charge is 0.369 e. The smallest absolute Gasteiger partial charge is 0.206 e. The summed E-state index contributed by atoms with van der Waals surface area (Å²) >= 11 is 6.76. The maximum Gasteiger partial charge on any atom is 0.206 e. The van der Waals surface area contributed by atoms with Gasteiger partial charge in [0.1, 0.15) is 5.52 Å². The summed E-state index contributed by atoms with van der Waals surface area (Å²) in [6.07, 6.45) is 0. The maximum atomic E-state index is 14.1. The molecule has 0 unspecified atom stereocenters. The van der Waals surface area contributed by atoms with E-state index in [1.54, 1.807) is 12.1 Å². The third-order valence-corrected chi connectivity index (χ3v) is 4.18. The molecule has 0 fully saturated rings. The van der Waals surface area contributed by atoms with Gasteiger partial charge in [-0.25, -0.2) is 13.8 Å². The number of halogens is 4. The molecule has 0 saturated heterocycles. The topological polar surface area (TPSA) is 43.8 Å². The molecule has 0 amide bonds. The van der Waals surface area contributed by atoms with Crippen molar-refractivity contribution < 1.29 is 8.78 Å². The summed E-state index contributed by atoms with van der Waals surface area (Å²) < 4.78 is 30.3. The van der Waals surface area contributed by atoms with Gasteiger partial charge in [-0.05, 0) is 56.1 Å². The van der Waals surface area contributed by atoms with Crippen LogP contribution >= 0.6 is 31.9 Å². The molecule has 0 spiro atoms. The number of hydrogen-bond acceptors (Lipinski definition) is 2. The Hall–Kier alpha value is -1.47. The molecule has 0 saturated carbocycles. The minimum absolute atomic E-state index is 0.00935. The molecule has 20 heavy (non-hydrogen) atoms. The number of nitrogens with zero attached hydrogens (tertiary/aromatic N) is 2. The number of anilines is 1. The normalized spacial score (nSPS) is 11.2. The van der Waals surface area contributed by atoms with Crippen LogP contribution in [0.15, 0.2) is 39.3 Å². The Morgan fingerprint density at radius 2 is 1.70 bits per heavy atom. The second-order valence-electron chi connectivity index (χ2n) is 4.10. The molecule has 2 N–H and O–H groups in total. The van der Waals surface area contributed by atoms with E-state index in [0.29, 0.717) is 20.1 Å². The lowest BCUT2D eigenvalue weighted by molar-refractivity contribution is 0.514. The summed E-state index contributed by atoms with van der Waals surface area (Å²) in [6.45, 7) is 0. The maximum absolute atomic E-state index is 14.1. The van der Waals surface area contributed by atoms with Gasteiger partial charge in [0, 0.05) is 8.95 Å². The van der Waals surface area contributed by atoms with Crippen molar-refractivity contribution in [2.75, 3.05) is 5.73 Å². The van der Waals surface area contributed by atoms with Crippen LogP contribution < -0.4 is 5.73 Å². The van der Waals surface area contributed by atoms with E-state index in [0.717, 1.165) is 6.07 Å². The molecule has 3 aromatic rings. The molecule has 2 aromatic carbocycles. The standard InChI is InChI=1S/C13H7Br2F2N3/c14-6-2-1-3-7(15)11(6)20-12-9(19-13(20)18)5-4-8(16)10(12)17/h1-5H,(H2,18,19). The second-order valence-corrected chi connectivity index (χ2v) is 5.81. The molecule has 7 heteroatoms. The SMILES string of the molecule is Nc1nc2ccc(F)c(F)c2n1-c1c(Br)cccc1Br. The fourth-order valence-corrected chi connectivity index (χ4v) is 3.40. The highest BCUT2D eigenvalue weighted by molar-refractivity contribution is 9.11. The number of hydrogen-bond donors (Lipinski definition) is 1. The molecule has 3 nitrogen and oxygen atoms in total. The quantitative estimate of drug-likeness (QED) is 0.655. The van der Waals surface area contributed by atoms with Crippen LogP contribution in [0, 0.1) is 11.6 Å². The van der Waals surface area contributed by atoms with Crippen LogP contribution in [0.1, 0.15) is 0 Å². The predicted octanol–water partition coefficient (Wildman–Crippen LogP) is 4.41. The molecule has 0 aliphatic carbocycles. The summed E-state index contributed by atoms with van der Waals surface area (Å²) in [7, 11) is 0. The summed E-state index contributed by atoms with van der Waals surface area (Å²) in [5.41, 5.74) is 6.73. The number of fused-ring (bicyclic) bond motifs is 1. The van der Waals surface area contributed by atoms with Gasteiger partial charge >= 0.3 is 0 Å². The van der Waals surface area contributed by atoms with Gasteiger partial charge < -0.3 is 5.73 Å². The Kier molecular flexibility index (Phi) is 3.25. The molecule has 0 bridgehead atoms. The van der Waals surface area contributed by atoms with Crippen molar-refractivity contribution in [1.29, 1.82) is 0 Å². The minimum Gasteiger partial charge on any atom is -0.369 e. The first-order valence-electron chi connectivity index (χ1n) is 5.57. The van der Waals surface area contributed by atoms with Crippen molar-refractivity contribution in [2.24, 2.45) is 0 Å². The number of benzene rings is 2. The third-order valence-electron chi connectivity index (χ3n) is 2.90. The van der Waals surface area contributed by atoms with Crippen LogP contribution in [0.3, 0.4) is 0 Å². The van der Waals surface area contributed by atoms with Gasteiger partial charge in [-0.15, -0.1) is 0 Å². The summed E-state index contributed by atoms with van der Waals surface area (Å²) in [5.74, 6) is -1.84. The van der Waals surface area contributed by atoms with Crippen LogP contribution in [-0.2, 0) is 0 Å². The van der Waals surface area contributed by atoms with Gasteiger partial charge in [-0.2, -0.15) is 0 Å². The van der Waals surface area contributed by atoms with Crippen molar-refractivity contribution in [1.82, 2.24) is 9.55 Å². The van der Waals surface area contributed by atoms with Crippen molar-refractivity contribution in [2.45, 2.75) is 0 Å². The number of aromatic nitrogens is 2. The Balaban J connectivity index is 2.48. The molecule has 0 atom stereocenters. The lowest BCUT2D eigenvalue weighted by Crippen LogP contribution is -2.04. The zero-order valence-corrected chi connectivity index (χ0v) is 13.0.